The number of carbonyl (C=O) groups is 2. The number of hydrogen-bond donors (Lipinski definition) is 2. The molecule has 0 fully saturated rings. The smallest absolute Gasteiger partial charge is 0.338 e. The highest BCUT2D eigenvalue weighted by atomic mass is 16.5. The number of unbranched alkanes of at least 4 members (excludes halogenated alkanes) is 7. The molecule has 0 amide bonds. The molecule has 0 aliphatic carbocycles. The van der Waals surface area contributed by atoms with Crippen LogP contribution in [-0.4, -0.2) is 38.4 Å². The lowest BCUT2D eigenvalue weighted by Crippen LogP contribution is -2.08. The molecule has 0 radical (unpaired) electrons. The van der Waals surface area contributed by atoms with E-state index in [2.05, 4.69) is 13.8 Å². The zero-order valence-electron chi connectivity index (χ0n) is 24.1. The molecule has 0 atom stereocenters. The highest BCUT2D eigenvalue weighted by molar-refractivity contribution is 5.91. The average molecular weight is 555 g/mol. The number of rotatable bonds is 20. The second-order valence-corrected chi connectivity index (χ2v) is 9.76. The maximum Gasteiger partial charge on any atom is 0.338 e. The average Bonchev–Trinajstić information content (AvgIpc) is 2.93. The Morgan fingerprint density at radius 1 is 0.675 bits per heavy atom. The summed E-state index contributed by atoms with van der Waals surface area (Å²) in [5.74, 6) is 0.604. The Labute approximate surface area is 239 Å². The Hall–Kier alpha value is -3.68. The van der Waals surface area contributed by atoms with Crippen molar-refractivity contribution in [3.05, 3.63) is 53.6 Å². The molecule has 0 saturated heterocycles. The van der Waals surface area contributed by atoms with Crippen molar-refractivity contribution >= 4 is 29.4 Å². The van der Waals surface area contributed by atoms with Gasteiger partial charge in [0, 0.05) is 17.5 Å². The highest BCUT2D eigenvalue weighted by Crippen LogP contribution is 2.29. The quantitative estimate of drug-likeness (QED) is 0.0779. The van der Waals surface area contributed by atoms with E-state index in [1.807, 2.05) is 18.2 Å². The zero-order valence-corrected chi connectivity index (χ0v) is 24.1. The van der Waals surface area contributed by atoms with Crippen molar-refractivity contribution in [2.75, 3.05) is 37.9 Å². The van der Waals surface area contributed by atoms with E-state index in [0.717, 1.165) is 75.5 Å². The van der Waals surface area contributed by atoms with Crippen LogP contribution in [0.2, 0.25) is 0 Å². The first-order valence-electron chi connectivity index (χ1n) is 14.5. The topological polar surface area (TPSA) is 123 Å². The van der Waals surface area contributed by atoms with E-state index in [4.69, 9.17) is 30.4 Å². The highest BCUT2D eigenvalue weighted by Gasteiger charge is 2.09. The van der Waals surface area contributed by atoms with Crippen LogP contribution < -0.4 is 20.9 Å². The predicted molar refractivity (Wildman–Crippen MR) is 160 cm³/mol. The first-order valence-corrected chi connectivity index (χ1v) is 14.5. The van der Waals surface area contributed by atoms with Crippen molar-refractivity contribution in [2.24, 2.45) is 0 Å². The number of carbonyl (C=O) groups excluding carboxylic acids is 2. The minimum absolute atomic E-state index is 0.308. The molecule has 2 rings (SSSR count). The van der Waals surface area contributed by atoms with Crippen LogP contribution in [0.5, 0.6) is 11.5 Å². The van der Waals surface area contributed by atoms with Gasteiger partial charge in [0.05, 0.1) is 32.0 Å². The molecule has 220 valence electrons. The van der Waals surface area contributed by atoms with Crippen molar-refractivity contribution < 1.29 is 28.5 Å². The SMILES string of the molecule is CCCCCOc1ccc(C=CC(=O)OCCCCCCOC(=O)c2cc(N)cc(N)c2)cc1OCCCCC. The van der Waals surface area contributed by atoms with E-state index < -0.39 is 5.97 Å². The Bertz CT molecular complexity index is 1050. The van der Waals surface area contributed by atoms with Gasteiger partial charge < -0.3 is 30.4 Å². The summed E-state index contributed by atoms with van der Waals surface area (Å²) in [7, 11) is 0. The van der Waals surface area contributed by atoms with Gasteiger partial charge in [-0.2, -0.15) is 0 Å². The molecule has 0 aliphatic rings. The molecule has 2 aromatic rings. The van der Waals surface area contributed by atoms with Gasteiger partial charge >= 0.3 is 11.9 Å². The van der Waals surface area contributed by atoms with Gasteiger partial charge in [0.25, 0.3) is 0 Å². The summed E-state index contributed by atoms with van der Waals surface area (Å²) >= 11 is 0. The van der Waals surface area contributed by atoms with E-state index >= 15 is 0 Å². The fourth-order valence-electron chi connectivity index (χ4n) is 3.91. The van der Waals surface area contributed by atoms with Crippen molar-refractivity contribution in [1.82, 2.24) is 0 Å². The van der Waals surface area contributed by atoms with Gasteiger partial charge in [0.15, 0.2) is 11.5 Å². The van der Waals surface area contributed by atoms with Crippen LogP contribution in [0, 0.1) is 0 Å². The zero-order chi connectivity index (χ0) is 29.0. The molecule has 0 bridgehead atoms. The van der Waals surface area contributed by atoms with Crippen LogP contribution in [-0.2, 0) is 14.3 Å². The van der Waals surface area contributed by atoms with Gasteiger partial charge in [-0.05, 0) is 80.5 Å². The van der Waals surface area contributed by atoms with Crippen LogP contribution in [0.1, 0.15) is 94.0 Å². The molecule has 8 heteroatoms. The fourth-order valence-corrected chi connectivity index (χ4v) is 3.91. The Morgan fingerprint density at radius 2 is 1.25 bits per heavy atom. The first-order chi connectivity index (χ1) is 19.4. The van der Waals surface area contributed by atoms with Gasteiger partial charge in [-0.25, -0.2) is 9.59 Å². The minimum Gasteiger partial charge on any atom is -0.490 e. The molecular weight excluding hydrogens is 508 g/mol. The van der Waals surface area contributed by atoms with Crippen LogP contribution >= 0.6 is 0 Å². The molecule has 0 heterocycles. The maximum absolute atomic E-state index is 12.2. The molecule has 8 nitrogen and oxygen atoms in total. The molecule has 0 spiro atoms. The molecule has 0 aromatic heterocycles. The summed E-state index contributed by atoms with van der Waals surface area (Å²) in [5.41, 5.74) is 13.5. The van der Waals surface area contributed by atoms with Gasteiger partial charge in [-0.3, -0.25) is 0 Å². The van der Waals surface area contributed by atoms with Crippen LogP contribution in [0.4, 0.5) is 11.4 Å². The lowest BCUT2D eigenvalue weighted by Gasteiger charge is -2.13. The summed E-state index contributed by atoms with van der Waals surface area (Å²) in [4.78, 5) is 24.3. The van der Waals surface area contributed by atoms with E-state index in [1.165, 1.54) is 6.08 Å². The summed E-state index contributed by atoms with van der Waals surface area (Å²) in [5, 5.41) is 0. The monoisotopic (exact) mass is 554 g/mol. The van der Waals surface area contributed by atoms with Crippen molar-refractivity contribution in [2.45, 2.75) is 78.1 Å². The second kappa shape index (κ2) is 19.4. The molecule has 0 unspecified atom stereocenters. The van der Waals surface area contributed by atoms with Crippen molar-refractivity contribution in [3.63, 3.8) is 0 Å². The Balaban J connectivity index is 1.68. The third kappa shape index (κ3) is 13.4. The normalized spacial score (nSPS) is 10.9. The predicted octanol–water partition coefficient (Wildman–Crippen LogP) is 6.96. The largest absolute Gasteiger partial charge is 0.490 e. The molecule has 0 saturated carbocycles. The summed E-state index contributed by atoms with van der Waals surface area (Å²) < 4.78 is 22.5. The van der Waals surface area contributed by atoms with Gasteiger partial charge in [0.1, 0.15) is 0 Å². The molecular formula is C32H46N2O6. The van der Waals surface area contributed by atoms with Crippen molar-refractivity contribution in [3.8, 4) is 11.5 Å². The lowest BCUT2D eigenvalue weighted by molar-refractivity contribution is -0.137. The fraction of sp³-hybridized carbons (Fsp3) is 0.500. The standard InChI is InChI=1S/C32H46N2O6/c1-3-5-9-17-37-29-15-13-25(21-30(29)38-18-10-6-4-2)14-16-31(35)39-19-11-7-8-12-20-40-32(36)26-22-27(33)24-28(34)23-26/h13-16,21-24H,3-12,17-20,33-34H2,1-2H3. The number of esters is 2. The third-order valence-electron chi connectivity index (χ3n) is 6.12. The number of nitrogen functional groups attached to an aromatic ring is 2. The molecule has 4 N–H and O–H groups in total. The summed E-state index contributed by atoms with van der Waals surface area (Å²) in [6.45, 7) is 6.26. The first kappa shape index (κ1) is 32.5. The van der Waals surface area contributed by atoms with Crippen molar-refractivity contribution in [1.29, 1.82) is 0 Å². The Kier molecular flexibility index (Phi) is 15.8. The minimum atomic E-state index is -0.441. The van der Waals surface area contributed by atoms with E-state index in [9.17, 15) is 9.59 Å². The number of nitrogens with two attached hydrogens (primary N) is 2. The van der Waals surface area contributed by atoms with Crippen LogP contribution in [0.3, 0.4) is 0 Å². The summed E-state index contributed by atoms with van der Waals surface area (Å²) in [6, 6.07) is 10.4. The van der Waals surface area contributed by atoms with Gasteiger partial charge in [0.2, 0.25) is 0 Å². The van der Waals surface area contributed by atoms with Gasteiger partial charge in [-0.15, -0.1) is 0 Å². The van der Waals surface area contributed by atoms with E-state index in [0.29, 0.717) is 49.1 Å². The summed E-state index contributed by atoms with van der Waals surface area (Å²) in [6.07, 6.45) is 12.8. The Morgan fingerprint density at radius 3 is 1.88 bits per heavy atom. The molecule has 0 aliphatic heterocycles. The van der Waals surface area contributed by atoms with E-state index in [1.54, 1.807) is 24.3 Å². The van der Waals surface area contributed by atoms with Gasteiger partial charge in [-0.1, -0.05) is 45.6 Å². The maximum atomic E-state index is 12.2. The van der Waals surface area contributed by atoms with E-state index in [-0.39, 0.29) is 5.97 Å². The molecule has 2 aromatic carbocycles. The number of ether oxygens (including phenoxy) is 4. The molecule has 40 heavy (non-hydrogen) atoms. The third-order valence-corrected chi connectivity index (χ3v) is 6.12. The van der Waals surface area contributed by atoms with Crippen LogP contribution in [0.15, 0.2) is 42.5 Å². The number of hydrogen-bond acceptors (Lipinski definition) is 8. The number of benzene rings is 2. The second-order valence-electron chi connectivity index (χ2n) is 9.76. The van der Waals surface area contributed by atoms with Crippen LogP contribution in [0.25, 0.3) is 6.08 Å². The lowest BCUT2D eigenvalue weighted by atomic mass is 10.2. The number of anilines is 2.